The van der Waals surface area contributed by atoms with Gasteiger partial charge in [-0.3, -0.25) is 4.90 Å². The molecule has 1 saturated heterocycles. The molecular formula is C16H21NO3Si. The molecule has 3 heterocycles. The lowest BCUT2D eigenvalue weighted by atomic mass is 10.2. The minimum atomic E-state index is 0.264. The second kappa shape index (κ2) is 7.63. The number of hydrogen-bond donors (Lipinski definition) is 0. The summed E-state index contributed by atoms with van der Waals surface area (Å²) in [4.78, 5) is 2.49. The highest BCUT2D eigenvalue weighted by atomic mass is 28.2. The molecule has 0 saturated carbocycles. The first-order valence-electron chi connectivity index (χ1n) is 7.54. The third-order valence-electron chi connectivity index (χ3n) is 3.76. The van der Waals surface area contributed by atoms with Crippen LogP contribution in [0.1, 0.15) is 23.5 Å². The van der Waals surface area contributed by atoms with Crippen LogP contribution in [0.15, 0.2) is 45.6 Å². The van der Waals surface area contributed by atoms with Gasteiger partial charge in [0.05, 0.1) is 40.8 Å². The lowest BCUT2D eigenvalue weighted by molar-refractivity contribution is 0.0380. The molecule has 3 rings (SSSR count). The predicted octanol–water partition coefficient (Wildman–Crippen LogP) is 2.81. The predicted molar refractivity (Wildman–Crippen MR) is 81.7 cm³/mol. The minimum Gasteiger partial charge on any atom is -0.469 e. The van der Waals surface area contributed by atoms with E-state index in [-0.39, 0.29) is 5.54 Å². The lowest BCUT2D eigenvalue weighted by Gasteiger charge is -2.26. The molecule has 1 fully saturated rings. The van der Waals surface area contributed by atoms with Crippen LogP contribution in [0.4, 0.5) is 0 Å². The van der Waals surface area contributed by atoms with E-state index in [9.17, 15) is 0 Å². The first kappa shape index (κ1) is 14.6. The van der Waals surface area contributed by atoms with Crippen LogP contribution in [0.2, 0.25) is 6.04 Å². The van der Waals surface area contributed by atoms with E-state index in [2.05, 4.69) is 4.90 Å². The van der Waals surface area contributed by atoms with Crippen molar-refractivity contribution in [2.24, 2.45) is 0 Å². The maximum atomic E-state index is 5.59. The molecule has 1 aliphatic rings. The molecule has 2 aromatic heterocycles. The van der Waals surface area contributed by atoms with Crippen molar-refractivity contribution in [2.45, 2.75) is 18.0 Å². The average molecular weight is 303 g/mol. The van der Waals surface area contributed by atoms with Gasteiger partial charge < -0.3 is 13.6 Å². The highest BCUT2D eigenvalue weighted by Gasteiger charge is 2.20. The van der Waals surface area contributed by atoms with E-state index < -0.39 is 0 Å². The Bertz CT molecular complexity index is 457. The van der Waals surface area contributed by atoms with Gasteiger partial charge >= 0.3 is 0 Å². The van der Waals surface area contributed by atoms with Crippen LogP contribution < -0.4 is 0 Å². The van der Waals surface area contributed by atoms with Gasteiger partial charge in [-0.15, -0.1) is 0 Å². The fraction of sp³-hybridized carbons (Fsp3) is 0.500. The van der Waals surface area contributed by atoms with Gasteiger partial charge in [-0.2, -0.15) is 0 Å². The molecule has 0 atom stereocenters. The number of hydrogen-bond acceptors (Lipinski definition) is 4. The first-order valence-corrected chi connectivity index (χ1v) is 8.82. The fourth-order valence-electron chi connectivity index (χ4n) is 2.63. The Labute approximate surface area is 127 Å². The van der Waals surface area contributed by atoms with Gasteiger partial charge in [0.1, 0.15) is 11.5 Å². The fourth-order valence-corrected chi connectivity index (χ4v) is 4.01. The number of nitrogens with zero attached hydrogens (tertiary/aromatic N) is 1. The molecular weight excluding hydrogens is 282 g/mol. The Morgan fingerprint density at radius 2 is 1.71 bits per heavy atom. The number of rotatable bonds is 7. The van der Waals surface area contributed by atoms with Crippen molar-refractivity contribution in [3.05, 3.63) is 48.3 Å². The monoisotopic (exact) mass is 303 g/mol. The van der Waals surface area contributed by atoms with Crippen molar-refractivity contribution < 1.29 is 13.6 Å². The highest BCUT2D eigenvalue weighted by Crippen LogP contribution is 2.25. The van der Waals surface area contributed by atoms with Crippen LogP contribution in [-0.4, -0.2) is 47.3 Å². The normalized spacial score (nSPS) is 16.6. The standard InChI is InChI=1S/C16H21NO3Si/c1-4-14(19-9-1)16(15-5-2-10-20-15)21-13-3-6-17-7-11-18-12-8-17/h1-2,4-5,9-10,16H,3,6-8,11-13H2. The summed E-state index contributed by atoms with van der Waals surface area (Å²) in [7, 11) is 0.788. The van der Waals surface area contributed by atoms with E-state index in [1.54, 1.807) is 12.5 Å². The van der Waals surface area contributed by atoms with Crippen molar-refractivity contribution >= 4 is 9.52 Å². The number of furan rings is 2. The Balaban J connectivity index is 1.49. The van der Waals surface area contributed by atoms with E-state index in [0.717, 1.165) is 47.3 Å². The van der Waals surface area contributed by atoms with Crippen molar-refractivity contribution in [3.63, 3.8) is 0 Å². The van der Waals surface area contributed by atoms with Gasteiger partial charge in [0.2, 0.25) is 0 Å². The largest absolute Gasteiger partial charge is 0.469 e. The molecule has 0 aliphatic carbocycles. The van der Waals surface area contributed by atoms with E-state index in [1.165, 1.54) is 19.0 Å². The van der Waals surface area contributed by atoms with Gasteiger partial charge in [0, 0.05) is 13.1 Å². The summed E-state index contributed by atoms with van der Waals surface area (Å²) in [5.74, 6) is 2.02. The summed E-state index contributed by atoms with van der Waals surface area (Å²) in [6, 6.07) is 9.18. The van der Waals surface area contributed by atoms with Crippen LogP contribution in [0.5, 0.6) is 0 Å². The zero-order chi connectivity index (χ0) is 14.3. The molecule has 2 radical (unpaired) electrons. The van der Waals surface area contributed by atoms with Gasteiger partial charge in [-0.25, -0.2) is 0 Å². The quantitative estimate of drug-likeness (QED) is 0.582. The maximum Gasteiger partial charge on any atom is 0.111 e. The third-order valence-corrected chi connectivity index (χ3v) is 5.38. The van der Waals surface area contributed by atoms with E-state index >= 15 is 0 Å². The Morgan fingerprint density at radius 1 is 1.05 bits per heavy atom. The zero-order valence-electron chi connectivity index (χ0n) is 12.2. The highest BCUT2D eigenvalue weighted by molar-refractivity contribution is 6.38. The summed E-state index contributed by atoms with van der Waals surface area (Å²) in [6.45, 7) is 5.07. The van der Waals surface area contributed by atoms with Crippen LogP contribution in [-0.2, 0) is 4.74 Å². The average Bonchev–Trinajstić information content (AvgIpc) is 3.22. The lowest BCUT2D eigenvalue weighted by Crippen LogP contribution is -2.36. The molecule has 0 amide bonds. The molecule has 5 heteroatoms. The topological polar surface area (TPSA) is 38.8 Å². The molecule has 0 unspecified atom stereocenters. The smallest absolute Gasteiger partial charge is 0.111 e. The zero-order valence-corrected chi connectivity index (χ0v) is 13.2. The Hall–Kier alpha value is -1.30. The summed E-state index contributed by atoms with van der Waals surface area (Å²) in [5, 5.41) is 0. The van der Waals surface area contributed by atoms with Crippen molar-refractivity contribution in [1.29, 1.82) is 0 Å². The summed E-state index contributed by atoms with van der Waals surface area (Å²) >= 11 is 0. The van der Waals surface area contributed by atoms with Crippen LogP contribution >= 0.6 is 0 Å². The molecule has 112 valence electrons. The van der Waals surface area contributed by atoms with Crippen LogP contribution in [0.25, 0.3) is 0 Å². The number of morpholine rings is 1. The van der Waals surface area contributed by atoms with Crippen molar-refractivity contribution in [2.75, 3.05) is 32.8 Å². The van der Waals surface area contributed by atoms with Gasteiger partial charge in [0.15, 0.2) is 0 Å². The van der Waals surface area contributed by atoms with E-state index in [0.29, 0.717) is 0 Å². The molecule has 4 nitrogen and oxygen atoms in total. The summed E-state index contributed by atoms with van der Waals surface area (Å²) in [6.07, 6.45) is 4.70. The molecule has 21 heavy (non-hydrogen) atoms. The second-order valence-electron chi connectivity index (χ2n) is 5.23. The summed E-state index contributed by atoms with van der Waals surface area (Å²) < 4.78 is 16.6. The molecule has 0 aromatic carbocycles. The maximum absolute atomic E-state index is 5.59. The first-order chi connectivity index (χ1) is 10.4. The van der Waals surface area contributed by atoms with Crippen LogP contribution in [0.3, 0.4) is 0 Å². The van der Waals surface area contributed by atoms with Gasteiger partial charge in [-0.1, -0.05) is 6.04 Å². The van der Waals surface area contributed by atoms with Gasteiger partial charge in [-0.05, 0) is 37.2 Å². The third kappa shape index (κ3) is 4.09. The van der Waals surface area contributed by atoms with E-state index in [1.807, 2.05) is 24.3 Å². The van der Waals surface area contributed by atoms with Crippen LogP contribution in [0, 0.1) is 0 Å². The molecule has 2 aromatic rings. The van der Waals surface area contributed by atoms with E-state index in [4.69, 9.17) is 13.6 Å². The molecule has 0 spiro atoms. The summed E-state index contributed by atoms with van der Waals surface area (Å²) in [5.41, 5.74) is 0.264. The Morgan fingerprint density at radius 3 is 2.29 bits per heavy atom. The molecule has 0 bridgehead atoms. The van der Waals surface area contributed by atoms with Crippen molar-refractivity contribution in [3.8, 4) is 0 Å². The van der Waals surface area contributed by atoms with Crippen molar-refractivity contribution in [1.82, 2.24) is 4.90 Å². The molecule has 1 aliphatic heterocycles. The van der Waals surface area contributed by atoms with Gasteiger partial charge in [0.25, 0.3) is 0 Å². The molecule has 0 N–H and O–H groups in total. The Kier molecular flexibility index (Phi) is 5.32. The minimum absolute atomic E-state index is 0.264. The second-order valence-corrected chi connectivity index (χ2v) is 6.71. The SMILES string of the molecule is c1coc(C([Si]CCCN2CCOCC2)c2ccco2)c1. The number of ether oxygens (including phenoxy) is 1.